The minimum Gasteiger partial charge on any atom is -0.486 e. The van der Waals surface area contributed by atoms with Gasteiger partial charge in [-0.25, -0.2) is 0 Å². The molecule has 0 aromatic heterocycles. The van der Waals surface area contributed by atoms with Gasteiger partial charge in [0.25, 0.3) is 5.69 Å². The number of nitro benzene ring substituents is 1. The van der Waals surface area contributed by atoms with Crippen molar-refractivity contribution in [3.05, 3.63) is 70.3 Å². The summed E-state index contributed by atoms with van der Waals surface area (Å²) in [6, 6.07) is 15.7. The lowest BCUT2D eigenvalue weighted by Gasteiger charge is -2.31. The Bertz CT molecular complexity index is 888. The van der Waals surface area contributed by atoms with Gasteiger partial charge in [-0.05, 0) is 12.1 Å². The minimum absolute atomic E-state index is 0.0223. The smallest absolute Gasteiger partial charge is 0.270 e. The van der Waals surface area contributed by atoms with Gasteiger partial charge in [0.05, 0.1) is 23.2 Å². The van der Waals surface area contributed by atoms with Crippen molar-refractivity contribution in [3.63, 3.8) is 0 Å². The molecule has 0 saturated carbocycles. The summed E-state index contributed by atoms with van der Waals surface area (Å²) < 4.78 is 11.7. The predicted molar refractivity (Wildman–Crippen MR) is 95.7 cm³/mol. The fraction of sp³-hybridized carbons (Fsp3) is 0.211. The van der Waals surface area contributed by atoms with E-state index >= 15 is 0 Å². The number of rotatable bonds is 5. The summed E-state index contributed by atoms with van der Waals surface area (Å²) in [4.78, 5) is 12.4. The Morgan fingerprint density at radius 1 is 1.35 bits per heavy atom. The third kappa shape index (κ3) is 3.75. The van der Waals surface area contributed by atoms with Gasteiger partial charge in [0.2, 0.25) is 0 Å². The second-order valence-corrected chi connectivity index (χ2v) is 5.84. The average Bonchev–Trinajstić information content (AvgIpc) is 2.66. The van der Waals surface area contributed by atoms with Crippen LogP contribution in [-0.4, -0.2) is 36.1 Å². The van der Waals surface area contributed by atoms with Crippen LogP contribution in [0.15, 0.2) is 54.6 Å². The Balaban J connectivity index is 1.77. The number of hydrogen-bond donors (Lipinski definition) is 0. The van der Waals surface area contributed by atoms with Crippen LogP contribution in [0.25, 0.3) is 5.70 Å². The number of nitriles is 1. The second-order valence-electron chi connectivity index (χ2n) is 5.84. The number of para-hydroxylation sites is 2. The molecule has 2 aromatic carbocycles. The number of hydrogen-bond acceptors (Lipinski definition) is 6. The fourth-order valence-corrected chi connectivity index (χ4v) is 2.81. The normalized spacial score (nSPS) is 15.8. The van der Waals surface area contributed by atoms with Crippen LogP contribution in [0.2, 0.25) is 0 Å². The van der Waals surface area contributed by atoms with Crippen LogP contribution in [0.5, 0.6) is 11.5 Å². The van der Waals surface area contributed by atoms with E-state index in [9.17, 15) is 10.1 Å². The van der Waals surface area contributed by atoms with Crippen molar-refractivity contribution >= 4 is 11.4 Å². The maximum Gasteiger partial charge on any atom is 0.270 e. The van der Waals surface area contributed by atoms with Crippen LogP contribution in [0, 0.1) is 21.4 Å². The summed E-state index contributed by atoms with van der Waals surface area (Å²) in [5.74, 6) is 1.39. The van der Waals surface area contributed by atoms with Crippen LogP contribution in [0.4, 0.5) is 5.69 Å². The standard InChI is InChI=1S/C19H17N3O4/c1-21(12-16-13-25-18-7-2-3-8-19(18)26-16)17(9-10-20)14-5-4-6-15(11-14)22(23)24/h2-9,11,16H,12-13H2,1H3. The fourth-order valence-electron chi connectivity index (χ4n) is 2.81. The highest BCUT2D eigenvalue weighted by Gasteiger charge is 2.23. The highest BCUT2D eigenvalue weighted by Crippen LogP contribution is 2.31. The molecule has 0 N–H and O–H groups in total. The Labute approximate surface area is 150 Å². The summed E-state index contributed by atoms with van der Waals surface area (Å²) in [6.45, 7) is 0.848. The SMILES string of the molecule is CN(CC1COc2ccccc2O1)C(=CC#N)c1cccc([N+](=O)[O-])c1. The molecule has 7 heteroatoms. The third-order valence-electron chi connectivity index (χ3n) is 4.01. The molecule has 0 spiro atoms. The van der Waals surface area contributed by atoms with Gasteiger partial charge in [0, 0.05) is 30.8 Å². The first-order valence-electron chi connectivity index (χ1n) is 8.02. The van der Waals surface area contributed by atoms with Crippen LogP contribution in [-0.2, 0) is 0 Å². The molecule has 3 rings (SSSR count). The number of ether oxygens (including phenoxy) is 2. The molecule has 7 nitrogen and oxygen atoms in total. The zero-order chi connectivity index (χ0) is 18.5. The molecule has 0 aliphatic carbocycles. The van der Waals surface area contributed by atoms with Gasteiger partial charge in [0.1, 0.15) is 6.61 Å². The summed E-state index contributed by atoms with van der Waals surface area (Å²) >= 11 is 0. The van der Waals surface area contributed by atoms with Gasteiger partial charge in [-0.3, -0.25) is 10.1 Å². The second kappa shape index (κ2) is 7.57. The molecule has 1 atom stereocenters. The van der Waals surface area contributed by atoms with Crippen LogP contribution in [0.1, 0.15) is 5.56 Å². The van der Waals surface area contributed by atoms with E-state index in [1.165, 1.54) is 18.2 Å². The molecule has 26 heavy (non-hydrogen) atoms. The van der Waals surface area contributed by atoms with Gasteiger partial charge in [-0.1, -0.05) is 24.3 Å². The molecule has 2 aromatic rings. The molecule has 1 aliphatic heterocycles. The van der Waals surface area contributed by atoms with E-state index in [0.717, 1.165) is 0 Å². The lowest BCUT2D eigenvalue weighted by molar-refractivity contribution is -0.384. The average molecular weight is 351 g/mol. The van der Waals surface area contributed by atoms with E-state index in [0.29, 0.717) is 35.9 Å². The summed E-state index contributed by atoms with van der Waals surface area (Å²) in [6.07, 6.45) is 1.15. The molecule has 132 valence electrons. The molecule has 0 amide bonds. The van der Waals surface area contributed by atoms with E-state index in [2.05, 4.69) is 0 Å². The highest BCUT2D eigenvalue weighted by atomic mass is 16.6. The Morgan fingerprint density at radius 2 is 2.12 bits per heavy atom. The van der Waals surface area contributed by atoms with E-state index in [1.54, 1.807) is 12.1 Å². The predicted octanol–water partition coefficient (Wildman–Crippen LogP) is 3.23. The molecule has 1 heterocycles. The number of benzene rings is 2. The van der Waals surface area contributed by atoms with E-state index in [1.807, 2.05) is 42.3 Å². The molecular formula is C19H17N3O4. The molecule has 0 saturated heterocycles. The first-order valence-corrected chi connectivity index (χ1v) is 8.02. The largest absolute Gasteiger partial charge is 0.486 e. The lowest BCUT2D eigenvalue weighted by atomic mass is 10.1. The minimum atomic E-state index is -0.456. The van der Waals surface area contributed by atoms with Crippen molar-refractivity contribution < 1.29 is 14.4 Å². The molecule has 0 radical (unpaired) electrons. The topological polar surface area (TPSA) is 88.6 Å². The van der Waals surface area contributed by atoms with E-state index in [4.69, 9.17) is 14.7 Å². The van der Waals surface area contributed by atoms with Crippen molar-refractivity contribution in [2.75, 3.05) is 20.2 Å². The molecule has 1 aliphatic rings. The molecule has 0 bridgehead atoms. The van der Waals surface area contributed by atoms with E-state index < -0.39 is 4.92 Å². The van der Waals surface area contributed by atoms with Crippen LogP contribution < -0.4 is 9.47 Å². The first kappa shape index (κ1) is 17.3. The van der Waals surface area contributed by atoms with Crippen molar-refractivity contribution in [1.29, 1.82) is 5.26 Å². The number of non-ortho nitro benzene ring substituents is 1. The summed E-state index contributed by atoms with van der Waals surface area (Å²) in [5, 5.41) is 20.1. The Hall–Kier alpha value is -3.53. The molecule has 0 fully saturated rings. The van der Waals surface area contributed by atoms with Crippen molar-refractivity contribution in [3.8, 4) is 17.6 Å². The van der Waals surface area contributed by atoms with E-state index in [-0.39, 0.29) is 11.8 Å². The van der Waals surface area contributed by atoms with Gasteiger partial charge < -0.3 is 14.4 Å². The molecular weight excluding hydrogens is 334 g/mol. The zero-order valence-electron chi connectivity index (χ0n) is 14.2. The lowest BCUT2D eigenvalue weighted by Crippen LogP contribution is -2.38. The zero-order valence-corrected chi connectivity index (χ0v) is 14.2. The van der Waals surface area contributed by atoms with Crippen molar-refractivity contribution in [2.24, 2.45) is 0 Å². The van der Waals surface area contributed by atoms with Gasteiger partial charge in [-0.2, -0.15) is 5.26 Å². The first-order chi connectivity index (χ1) is 12.6. The Morgan fingerprint density at radius 3 is 2.85 bits per heavy atom. The number of fused-ring (bicyclic) bond motifs is 1. The van der Waals surface area contributed by atoms with Gasteiger partial charge in [-0.15, -0.1) is 0 Å². The van der Waals surface area contributed by atoms with Crippen molar-refractivity contribution in [1.82, 2.24) is 4.90 Å². The molecule has 1 unspecified atom stereocenters. The summed E-state index contributed by atoms with van der Waals surface area (Å²) in [7, 11) is 1.81. The summed E-state index contributed by atoms with van der Waals surface area (Å²) in [5.41, 5.74) is 1.16. The Kier molecular flexibility index (Phi) is 5.04. The number of nitro groups is 1. The van der Waals surface area contributed by atoms with Crippen LogP contribution >= 0.6 is 0 Å². The van der Waals surface area contributed by atoms with Crippen molar-refractivity contribution in [2.45, 2.75) is 6.10 Å². The maximum absolute atomic E-state index is 11.0. The quantitative estimate of drug-likeness (QED) is 0.467. The van der Waals surface area contributed by atoms with Gasteiger partial charge >= 0.3 is 0 Å². The maximum atomic E-state index is 11.0. The number of likely N-dealkylation sites (N-methyl/N-ethyl adjacent to an activating group) is 1. The van der Waals surface area contributed by atoms with Gasteiger partial charge in [0.15, 0.2) is 17.6 Å². The number of allylic oxidation sites excluding steroid dienone is 1. The highest BCUT2D eigenvalue weighted by molar-refractivity contribution is 5.67. The monoisotopic (exact) mass is 351 g/mol. The third-order valence-corrected chi connectivity index (χ3v) is 4.01. The van der Waals surface area contributed by atoms with Crippen LogP contribution in [0.3, 0.4) is 0 Å². The number of nitrogens with zero attached hydrogens (tertiary/aromatic N) is 3.